The summed E-state index contributed by atoms with van der Waals surface area (Å²) in [6, 6.07) is -0.999. The number of nitrogens with zero attached hydrogens (tertiary/aromatic N) is 1. The molecule has 3 saturated heterocycles. The summed E-state index contributed by atoms with van der Waals surface area (Å²) in [5.41, 5.74) is -2.73. The number of carbonyl (C=O) groups is 5. The average molecular weight is 671 g/mol. The zero-order valence-electron chi connectivity index (χ0n) is 29.8. The maximum absolute atomic E-state index is 14.1. The number of esters is 2. The third-order valence-corrected chi connectivity index (χ3v) is 9.93. The van der Waals surface area contributed by atoms with E-state index in [0.717, 1.165) is 0 Å². The van der Waals surface area contributed by atoms with Gasteiger partial charge in [-0.2, -0.15) is 0 Å². The van der Waals surface area contributed by atoms with E-state index in [0.29, 0.717) is 6.42 Å². The Morgan fingerprint density at radius 1 is 1.04 bits per heavy atom. The van der Waals surface area contributed by atoms with Crippen molar-refractivity contribution in [1.29, 1.82) is 0 Å². The van der Waals surface area contributed by atoms with Crippen molar-refractivity contribution < 1.29 is 57.1 Å². The first-order valence-electron chi connectivity index (χ1n) is 16.4. The zero-order valence-corrected chi connectivity index (χ0v) is 29.8. The molecular weight excluding hydrogens is 616 g/mol. The van der Waals surface area contributed by atoms with E-state index in [4.69, 9.17) is 33.2 Å². The van der Waals surface area contributed by atoms with E-state index in [-0.39, 0.29) is 30.9 Å². The minimum absolute atomic E-state index is 0.0799. The van der Waals surface area contributed by atoms with Gasteiger partial charge in [0.2, 0.25) is 5.91 Å². The van der Waals surface area contributed by atoms with Crippen molar-refractivity contribution in [3.8, 4) is 0 Å². The number of hydrogen-bond donors (Lipinski definition) is 1. The molecule has 14 nitrogen and oxygen atoms in total. The number of cyclic esters (lactones) is 1. The van der Waals surface area contributed by atoms with Gasteiger partial charge < -0.3 is 43.4 Å². The molecule has 3 heterocycles. The first-order chi connectivity index (χ1) is 21.8. The summed E-state index contributed by atoms with van der Waals surface area (Å²) in [5, 5.41) is 2.92. The van der Waals surface area contributed by atoms with E-state index in [1.54, 1.807) is 41.5 Å². The van der Waals surface area contributed by atoms with Gasteiger partial charge in [0, 0.05) is 25.9 Å². The summed E-state index contributed by atoms with van der Waals surface area (Å²) in [4.78, 5) is 67.9. The number of carbonyl (C=O) groups excluding carboxylic acids is 5. The molecule has 3 rings (SSSR count). The lowest BCUT2D eigenvalue weighted by Crippen LogP contribution is -2.60. The zero-order chi connectivity index (χ0) is 35.6. The highest BCUT2D eigenvalue weighted by molar-refractivity contribution is 6.00. The Balaban J connectivity index is 2.11. The summed E-state index contributed by atoms with van der Waals surface area (Å²) >= 11 is 0. The van der Waals surface area contributed by atoms with Crippen LogP contribution in [0.25, 0.3) is 0 Å². The van der Waals surface area contributed by atoms with Gasteiger partial charge in [-0.05, 0) is 68.0 Å². The number of fused-ring (bicyclic) bond motifs is 1. The molecule has 3 aliphatic rings. The van der Waals surface area contributed by atoms with E-state index in [9.17, 15) is 24.0 Å². The van der Waals surface area contributed by atoms with Gasteiger partial charge >= 0.3 is 18.1 Å². The average Bonchev–Trinajstić information content (AvgIpc) is 3.31. The fraction of sp³-hybridized carbons (Fsp3) is 0.848. The molecule has 1 amide bonds. The van der Waals surface area contributed by atoms with Gasteiger partial charge in [-0.3, -0.25) is 19.2 Å². The van der Waals surface area contributed by atoms with Crippen molar-refractivity contribution in [1.82, 2.24) is 10.2 Å². The van der Waals surface area contributed by atoms with Crippen LogP contribution in [-0.2, 0) is 52.3 Å². The Morgan fingerprint density at radius 2 is 1.68 bits per heavy atom. The van der Waals surface area contributed by atoms with Crippen LogP contribution in [0.2, 0.25) is 0 Å². The van der Waals surface area contributed by atoms with Gasteiger partial charge in [-0.1, -0.05) is 20.8 Å². The van der Waals surface area contributed by atoms with E-state index in [1.807, 2.05) is 25.9 Å². The summed E-state index contributed by atoms with van der Waals surface area (Å²) in [6.07, 6.45) is -5.37. The van der Waals surface area contributed by atoms with Crippen molar-refractivity contribution in [3.63, 3.8) is 0 Å². The monoisotopic (exact) mass is 670 g/mol. The molecule has 0 bridgehead atoms. The highest BCUT2D eigenvalue weighted by Crippen LogP contribution is 2.39. The molecule has 0 spiro atoms. The molecule has 0 aliphatic carbocycles. The second kappa shape index (κ2) is 15.2. The molecule has 0 saturated carbocycles. The standard InChI is InChI=1S/C33H54N2O12/c1-13-23-33(9)27(46-31(40)47-33)20(6)34-28(38)16(2)15-32(8,41-12)26(18(4)24(37)19(5)29(39)44-23)45-30-25(43-21(7)36)22(35(10)11)14-17(3)42-30/h16-20,22-23,25-27,30H,13-15H2,1-12H3,(H,34,38)/t16-,17-,18+,19-,20-,22+,23-,25-,26-,27-,30+,32-,33-/m1/s1. The summed E-state index contributed by atoms with van der Waals surface area (Å²) in [7, 11) is 5.19. The van der Waals surface area contributed by atoms with E-state index >= 15 is 0 Å². The molecule has 0 aromatic heterocycles. The number of Topliss-reactive ketones (excluding diaryl/α,β-unsaturated/α-hetero) is 1. The summed E-state index contributed by atoms with van der Waals surface area (Å²) in [6.45, 7) is 14.7. The van der Waals surface area contributed by atoms with Crippen LogP contribution in [0.3, 0.4) is 0 Å². The minimum atomic E-state index is -1.44. The van der Waals surface area contributed by atoms with Crippen LogP contribution in [0.4, 0.5) is 4.79 Å². The van der Waals surface area contributed by atoms with E-state index in [1.165, 1.54) is 21.0 Å². The molecule has 0 aromatic carbocycles. The lowest BCUT2D eigenvalue weighted by molar-refractivity contribution is -0.298. The van der Waals surface area contributed by atoms with E-state index in [2.05, 4.69) is 5.32 Å². The van der Waals surface area contributed by atoms with Gasteiger partial charge in [0.1, 0.15) is 12.0 Å². The third kappa shape index (κ3) is 8.26. The Morgan fingerprint density at radius 3 is 2.23 bits per heavy atom. The maximum atomic E-state index is 14.1. The van der Waals surface area contributed by atoms with Crippen molar-refractivity contribution in [2.75, 3.05) is 21.2 Å². The van der Waals surface area contributed by atoms with E-state index < -0.39 is 89.6 Å². The predicted molar refractivity (Wildman–Crippen MR) is 167 cm³/mol. The van der Waals surface area contributed by atoms with Crippen molar-refractivity contribution in [2.24, 2.45) is 17.8 Å². The lowest BCUT2D eigenvalue weighted by atomic mass is 9.78. The predicted octanol–water partition coefficient (Wildman–Crippen LogP) is 2.78. The number of hydrogen-bond acceptors (Lipinski definition) is 13. The third-order valence-electron chi connectivity index (χ3n) is 9.93. The molecule has 0 aromatic rings. The summed E-state index contributed by atoms with van der Waals surface area (Å²) in [5.74, 6) is -5.15. The van der Waals surface area contributed by atoms with Crippen LogP contribution in [0.1, 0.15) is 81.6 Å². The fourth-order valence-electron chi connectivity index (χ4n) is 7.19. The van der Waals surface area contributed by atoms with Gasteiger partial charge in [-0.15, -0.1) is 0 Å². The van der Waals surface area contributed by atoms with Crippen LogP contribution in [0, 0.1) is 17.8 Å². The smallest absolute Gasteiger partial charge is 0.457 e. The molecule has 13 atom stereocenters. The second-order valence-electron chi connectivity index (χ2n) is 14.0. The second-order valence-corrected chi connectivity index (χ2v) is 14.0. The lowest BCUT2D eigenvalue weighted by Gasteiger charge is -2.47. The molecule has 1 N–H and O–H groups in total. The van der Waals surface area contributed by atoms with Crippen LogP contribution in [-0.4, -0.2) is 116 Å². The minimum Gasteiger partial charge on any atom is -0.457 e. The van der Waals surface area contributed by atoms with Crippen LogP contribution < -0.4 is 5.32 Å². The normalized spacial score (nSPS) is 42.3. The maximum Gasteiger partial charge on any atom is 0.509 e. The quantitative estimate of drug-likeness (QED) is 0.249. The molecular formula is C33H54N2O12. The number of ketones is 1. The van der Waals surface area contributed by atoms with Crippen molar-refractivity contribution in [2.45, 2.75) is 142 Å². The first-order valence-corrected chi connectivity index (χ1v) is 16.4. The molecule has 3 aliphatic heterocycles. The first kappa shape index (κ1) is 38.6. The highest BCUT2D eigenvalue weighted by atomic mass is 16.8. The number of nitrogens with one attached hydrogen (secondary N) is 1. The SMILES string of the molecule is CC[C@H]1OC(=O)[C@H](C)C(=O)[C@H](C)[C@@H](O[C@@H]2O[C@H](C)C[C@H](N(C)C)[C@H]2OC(C)=O)[C@](C)(OC)C[C@@H](C)C(=O)N[C@H](C)[C@H]2OC(=O)O[C@@]21C. The number of rotatable bonds is 6. The van der Waals surface area contributed by atoms with Gasteiger partial charge in [-0.25, -0.2) is 4.79 Å². The number of methoxy groups -OCH3 is 1. The topological polar surface area (TPSA) is 165 Å². The number of ether oxygens (including phenoxy) is 7. The fourth-order valence-corrected chi connectivity index (χ4v) is 7.19. The molecule has 268 valence electrons. The van der Waals surface area contributed by atoms with Gasteiger partial charge in [0.05, 0.1) is 29.9 Å². The van der Waals surface area contributed by atoms with Gasteiger partial charge in [0.25, 0.3) is 0 Å². The van der Waals surface area contributed by atoms with Crippen LogP contribution >= 0.6 is 0 Å². The Hall–Kier alpha value is -2.81. The highest BCUT2D eigenvalue weighted by Gasteiger charge is 2.58. The number of likely N-dealkylation sites (N-methyl/N-ethyl adjacent to an activating group) is 1. The van der Waals surface area contributed by atoms with Crippen molar-refractivity contribution >= 4 is 29.8 Å². The molecule has 0 radical (unpaired) electrons. The number of amides is 1. The Bertz CT molecular complexity index is 1180. The molecule has 0 unspecified atom stereocenters. The Kier molecular flexibility index (Phi) is 12.5. The Labute approximate surface area is 277 Å². The molecule has 3 fully saturated rings. The van der Waals surface area contributed by atoms with Crippen LogP contribution in [0.5, 0.6) is 0 Å². The van der Waals surface area contributed by atoms with Crippen molar-refractivity contribution in [3.05, 3.63) is 0 Å². The molecule has 14 heteroatoms. The van der Waals surface area contributed by atoms with Crippen LogP contribution in [0.15, 0.2) is 0 Å². The molecule has 47 heavy (non-hydrogen) atoms. The largest absolute Gasteiger partial charge is 0.509 e. The van der Waals surface area contributed by atoms with Gasteiger partial charge in [0.15, 0.2) is 29.9 Å². The summed E-state index contributed by atoms with van der Waals surface area (Å²) < 4.78 is 41.6.